The second kappa shape index (κ2) is 5.28. The molecule has 1 fully saturated rings. The third-order valence-electron chi connectivity index (χ3n) is 3.49. The molecule has 1 aliphatic heterocycles. The van der Waals surface area contributed by atoms with Gasteiger partial charge < -0.3 is 16.4 Å². The number of piperidine rings is 1. The van der Waals surface area contributed by atoms with Crippen LogP contribution in [0.2, 0.25) is 0 Å². The number of hydrogen-bond donors (Lipinski definition) is 2. The van der Waals surface area contributed by atoms with Gasteiger partial charge in [0.1, 0.15) is 0 Å². The Morgan fingerprint density at radius 1 is 1.33 bits per heavy atom. The van der Waals surface area contributed by atoms with Crippen molar-refractivity contribution in [2.75, 3.05) is 20.1 Å². The zero-order chi connectivity index (χ0) is 11.5. The molecule has 0 aromatic heterocycles. The largest absolute Gasteiger partial charge is 0.327 e. The summed E-state index contributed by atoms with van der Waals surface area (Å²) < 4.78 is 0. The first-order valence-electron chi connectivity index (χ1n) is 6.11. The number of nitrogens with zero attached hydrogens (tertiary/aromatic N) is 1. The van der Waals surface area contributed by atoms with E-state index in [9.17, 15) is 0 Å². The molecule has 90 valence electrons. The normalized spacial score (nSPS) is 23.0. The molecule has 0 amide bonds. The monoisotopic (exact) mass is 213 g/mol. The van der Waals surface area contributed by atoms with Gasteiger partial charge in [0.05, 0.1) is 0 Å². The maximum absolute atomic E-state index is 6.23. The number of likely N-dealkylation sites (tertiary alicyclic amines) is 1. The lowest BCUT2D eigenvalue weighted by molar-refractivity contribution is 0.191. The van der Waals surface area contributed by atoms with Gasteiger partial charge >= 0.3 is 0 Å². The molecule has 4 N–H and O–H groups in total. The first kappa shape index (κ1) is 12.9. The van der Waals surface area contributed by atoms with E-state index in [-0.39, 0.29) is 5.54 Å². The van der Waals surface area contributed by atoms with E-state index in [1.165, 1.54) is 25.9 Å². The molecule has 0 aromatic carbocycles. The Morgan fingerprint density at radius 2 is 1.87 bits per heavy atom. The topological polar surface area (TPSA) is 55.3 Å². The third-order valence-corrected chi connectivity index (χ3v) is 3.49. The minimum absolute atomic E-state index is 0.0664. The Hall–Kier alpha value is -0.120. The quantitative estimate of drug-likeness (QED) is 0.737. The predicted molar refractivity (Wildman–Crippen MR) is 65.7 cm³/mol. The summed E-state index contributed by atoms with van der Waals surface area (Å²) in [6.45, 7) is 6.55. The molecule has 15 heavy (non-hydrogen) atoms. The standard InChI is InChI=1S/C12H27N3/c1-12(2,14)7-4-11(13)10-5-8-15(3)9-6-10/h10-11H,4-9,13-14H2,1-3H3. The Labute approximate surface area is 94.2 Å². The molecule has 0 radical (unpaired) electrons. The van der Waals surface area contributed by atoms with E-state index in [1.807, 2.05) is 0 Å². The molecular formula is C12H27N3. The minimum atomic E-state index is -0.0664. The van der Waals surface area contributed by atoms with Crippen molar-refractivity contribution in [2.45, 2.75) is 51.1 Å². The summed E-state index contributed by atoms with van der Waals surface area (Å²) in [6, 6.07) is 0.349. The van der Waals surface area contributed by atoms with Gasteiger partial charge in [-0.3, -0.25) is 0 Å². The summed E-state index contributed by atoms with van der Waals surface area (Å²) in [5, 5.41) is 0. The van der Waals surface area contributed by atoms with Gasteiger partial charge in [-0.05, 0) is 65.6 Å². The number of hydrogen-bond acceptors (Lipinski definition) is 3. The van der Waals surface area contributed by atoms with E-state index < -0.39 is 0 Å². The minimum Gasteiger partial charge on any atom is -0.327 e. The zero-order valence-corrected chi connectivity index (χ0v) is 10.5. The second-order valence-electron chi connectivity index (χ2n) is 5.83. The van der Waals surface area contributed by atoms with Gasteiger partial charge in [-0.1, -0.05) is 0 Å². The van der Waals surface area contributed by atoms with Crippen molar-refractivity contribution in [1.82, 2.24) is 4.90 Å². The SMILES string of the molecule is CN1CCC(C(N)CCC(C)(C)N)CC1. The first-order valence-corrected chi connectivity index (χ1v) is 6.11. The average Bonchev–Trinajstić information content (AvgIpc) is 2.14. The fourth-order valence-electron chi connectivity index (χ4n) is 2.23. The molecular weight excluding hydrogens is 186 g/mol. The molecule has 1 unspecified atom stereocenters. The molecule has 3 heteroatoms. The molecule has 1 atom stereocenters. The van der Waals surface area contributed by atoms with E-state index >= 15 is 0 Å². The Balaban J connectivity index is 2.25. The lowest BCUT2D eigenvalue weighted by Gasteiger charge is -2.33. The lowest BCUT2D eigenvalue weighted by atomic mass is 9.85. The van der Waals surface area contributed by atoms with Crippen LogP contribution >= 0.6 is 0 Å². The van der Waals surface area contributed by atoms with Crippen LogP contribution in [0.25, 0.3) is 0 Å². The molecule has 0 spiro atoms. The summed E-state index contributed by atoms with van der Waals surface area (Å²) in [6.07, 6.45) is 4.60. The molecule has 1 heterocycles. The van der Waals surface area contributed by atoms with Gasteiger partial charge in [0, 0.05) is 11.6 Å². The van der Waals surface area contributed by atoms with E-state index in [4.69, 9.17) is 11.5 Å². The summed E-state index contributed by atoms with van der Waals surface area (Å²) in [4.78, 5) is 2.39. The summed E-state index contributed by atoms with van der Waals surface area (Å²) in [5.41, 5.74) is 12.1. The molecule has 0 bridgehead atoms. The van der Waals surface area contributed by atoms with Crippen molar-refractivity contribution in [3.8, 4) is 0 Å². The Kier molecular flexibility index (Phi) is 4.56. The summed E-state index contributed by atoms with van der Waals surface area (Å²) >= 11 is 0. The van der Waals surface area contributed by atoms with Crippen LogP contribution in [-0.2, 0) is 0 Å². The number of nitrogens with two attached hydrogens (primary N) is 2. The van der Waals surface area contributed by atoms with Crippen LogP contribution in [0.15, 0.2) is 0 Å². The third kappa shape index (κ3) is 4.96. The van der Waals surface area contributed by atoms with Crippen molar-refractivity contribution < 1.29 is 0 Å². The average molecular weight is 213 g/mol. The van der Waals surface area contributed by atoms with Crippen molar-refractivity contribution in [2.24, 2.45) is 17.4 Å². The van der Waals surface area contributed by atoms with Crippen LogP contribution in [0.5, 0.6) is 0 Å². The molecule has 0 aliphatic carbocycles. The van der Waals surface area contributed by atoms with Gasteiger partial charge in [-0.25, -0.2) is 0 Å². The van der Waals surface area contributed by atoms with E-state index in [0.29, 0.717) is 12.0 Å². The predicted octanol–water partition coefficient (Wildman–Crippen LogP) is 1.17. The molecule has 1 saturated heterocycles. The van der Waals surface area contributed by atoms with E-state index in [0.717, 1.165) is 12.8 Å². The maximum Gasteiger partial charge on any atom is 0.00976 e. The van der Waals surface area contributed by atoms with Crippen LogP contribution in [0.3, 0.4) is 0 Å². The molecule has 1 rings (SSSR count). The summed E-state index contributed by atoms with van der Waals surface area (Å²) in [5.74, 6) is 0.712. The lowest BCUT2D eigenvalue weighted by Crippen LogP contribution is -2.41. The molecule has 0 saturated carbocycles. The highest BCUT2D eigenvalue weighted by atomic mass is 15.1. The van der Waals surface area contributed by atoms with Gasteiger partial charge in [-0.2, -0.15) is 0 Å². The van der Waals surface area contributed by atoms with E-state index in [1.54, 1.807) is 0 Å². The van der Waals surface area contributed by atoms with Crippen molar-refractivity contribution in [1.29, 1.82) is 0 Å². The van der Waals surface area contributed by atoms with Gasteiger partial charge in [0.2, 0.25) is 0 Å². The molecule has 1 aliphatic rings. The maximum atomic E-state index is 6.23. The molecule has 3 nitrogen and oxygen atoms in total. The van der Waals surface area contributed by atoms with Crippen LogP contribution in [0, 0.1) is 5.92 Å². The fourth-order valence-corrected chi connectivity index (χ4v) is 2.23. The Morgan fingerprint density at radius 3 is 2.33 bits per heavy atom. The molecule has 0 aromatic rings. The van der Waals surface area contributed by atoms with Crippen LogP contribution in [-0.4, -0.2) is 36.6 Å². The van der Waals surface area contributed by atoms with E-state index in [2.05, 4.69) is 25.8 Å². The van der Waals surface area contributed by atoms with Gasteiger partial charge in [0.15, 0.2) is 0 Å². The highest BCUT2D eigenvalue weighted by molar-refractivity contribution is 4.82. The van der Waals surface area contributed by atoms with Crippen LogP contribution in [0.1, 0.15) is 39.5 Å². The van der Waals surface area contributed by atoms with Gasteiger partial charge in [0.25, 0.3) is 0 Å². The first-order chi connectivity index (χ1) is 6.88. The van der Waals surface area contributed by atoms with Crippen molar-refractivity contribution in [3.05, 3.63) is 0 Å². The highest BCUT2D eigenvalue weighted by Gasteiger charge is 2.23. The van der Waals surface area contributed by atoms with Crippen molar-refractivity contribution >= 4 is 0 Å². The zero-order valence-electron chi connectivity index (χ0n) is 10.5. The van der Waals surface area contributed by atoms with Gasteiger partial charge in [-0.15, -0.1) is 0 Å². The van der Waals surface area contributed by atoms with Crippen molar-refractivity contribution in [3.63, 3.8) is 0 Å². The number of rotatable bonds is 4. The van der Waals surface area contributed by atoms with Crippen LogP contribution in [0.4, 0.5) is 0 Å². The summed E-state index contributed by atoms with van der Waals surface area (Å²) in [7, 11) is 2.19. The fraction of sp³-hybridized carbons (Fsp3) is 1.00. The van der Waals surface area contributed by atoms with Crippen LogP contribution < -0.4 is 11.5 Å². The smallest absolute Gasteiger partial charge is 0.00976 e. The highest BCUT2D eigenvalue weighted by Crippen LogP contribution is 2.22. The second-order valence-corrected chi connectivity index (χ2v) is 5.83. The Bertz CT molecular complexity index is 178.